The van der Waals surface area contributed by atoms with Gasteiger partial charge in [0.25, 0.3) is 0 Å². The molecule has 4 rings (SSSR count). The van der Waals surface area contributed by atoms with Gasteiger partial charge in [-0.25, -0.2) is 0 Å². The lowest BCUT2D eigenvalue weighted by atomic mass is 9.74. The van der Waals surface area contributed by atoms with Crippen molar-refractivity contribution in [3.8, 4) is 23.0 Å². The van der Waals surface area contributed by atoms with Crippen LogP contribution in [0.5, 0.6) is 23.0 Å². The number of halogens is 1. The highest BCUT2D eigenvalue weighted by molar-refractivity contribution is 6.36. The molecule has 0 radical (unpaired) electrons. The first kappa shape index (κ1) is 21.1. The maximum absolute atomic E-state index is 13.5. The van der Waals surface area contributed by atoms with Crippen LogP contribution in [0.15, 0.2) is 42.1 Å². The Hall–Kier alpha value is -3.19. The van der Waals surface area contributed by atoms with E-state index in [9.17, 15) is 9.59 Å². The van der Waals surface area contributed by atoms with E-state index in [1.165, 1.54) is 26.4 Å². The third-order valence-electron chi connectivity index (χ3n) is 5.70. The molecule has 0 aromatic heterocycles. The Bertz CT molecular complexity index is 1090. The van der Waals surface area contributed by atoms with Crippen molar-refractivity contribution in [2.45, 2.75) is 18.9 Å². The second-order valence-corrected chi connectivity index (χ2v) is 7.84. The molecule has 1 spiro atoms. The summed E-state index contributed by atoms with van der Waals surface area (Å²) in [6.07, 6.45) is 1.85. The van der Waals surface area contributed by atoms with Gasteiger partial charge in [-0.3, -0.25) is 9.59 Å². The SMILES string of the molecule is COc1ccc(NC2=CC(=O)[C@@]3(Oc4c(Cl)c(OC)cc(OC)c4C3=O)[C@H](C)C2)cc1. The Morgan fingerprint density at radius 1 is 1.06 bits per heavy atom. The van der Waals surface area contributed by atoms with Gasteiger partial charge in [0.15, 0.2) is 5.75 Å². The van der Waals surface area contributed by atoms with Crippen molar-refractivity contribution in [3.63, 3.8) is 0 Å². The molecule has 2 atom stereocenters. The maximum Gasteiger partial charge on any atom is 0.236 e. The first-order valence-electron chi connectivity index (χ1n) is 9.70. The fraction of sp³-hybridized carbons (Fsp3) is 0.304. The Labute approximate surface area is 184 Å². The number of fused-ring (bicyclic) bond motifs is 1. The Morgan fingerprint density at radius 2 is 1.74 bits per heavy atom. The summed E-state index contributed by atoms with van der Waals surface area (Å²) in [7, 11) is 4.48. The minimum absolute atomic E-state index is 0.114. The monoisotopic (exact) mass is 443 g/mol. The van der Waals surface area contributed by atoms with Gasteiger partial charge in [-0.15, -0.1) is 0 Å². The Kier molecular flexibility index (Phi) is 5.31. The molecule has 8 heteroatoms. The van der Waals surface area contributed by atoms with Gasteiger partial charge in [0.2, 0.25) is 17.2 Å². The van der Waals surface area contributed by atoms with E-state index in [0.29, 0.717) is 17.9 Å². The topological polar surface area (TPSA) is 83.1 Å². The van der Waals surface area contributed by atoms with Crippen LogP contribution in [0.25, 0.3) is 0 Å². The van der Waals surface area contributed by atoms with E-state index in [4.69, 9.17) is 30.5 Å². The summed E-state index contributed by atoms with van der Waals surface area (Å²) >= 11 is 6.40. The third kappa shape index (κ3) is 3.20. The number of ketones is 2. The van der Waals surface area contributed by atoms with Crippen molar-refractivity contribution >= 4 is 28.9 Å². The highest BCUT2D eigenvalue weighted by atomic mass is 35.5. The van der Waals surface area contributed by atoms with E-state index in [0.717, 1.165) is 11.4 Å². The number of carbonyl (C=O) groups excluding carboxylic acids is 2. The first-order valence-corrected chi connectivity index (χ1v) is 10.1. The van der Waals surface area contributed by atoms with Crippen LogP contribution < -0.4 is 24.3 Å². The summed E-state index contributed by atoms with van der Waals surface area (Å²) in [6, 6.07) is 8.86. The lowest BCUT2D eigenvalue weighted by Crippen LogP contribution is -2.55. The molecule has 2 aromatic carbocycles. The Balaban J connectivity index is 1.69. The van der Waals surface area contributed by atoms with Crippen LogP contribution in [0.3, 0.4) is 0 Å². The van der Waals surface area contributed by atoms with Crippen molar-refractivity contribution in [1.82, 2.24) is 0 Å². The molecule has 2 aromatic rings. The lowest BCUT2D eigenvalue weighted by Gasteiger charge is -2.35. The van der Waals surface area contributed by atoms with Crippen molar-refractivity contribution in [2.24, 2.45) is 5.92 Å². The summed E-state index contributed by atoms with van der Waals surface area (Å²) in [5.74, 6) is 0.0531. The van der Waals surface area contributed by atoms with Crippen LogP contribution in [0.2, 0.25) is 5.02 Å². The highest BCUT2D eigenvalue weighted by Crippen LogP contribution is 2.53. The second kappa shape index (κ2) is 7.81. The summed E-state index contributed by atoms with van der Waals surface area (Å²) in [6.45, 7) is 1.81. The van der Waals surface area contributed by atoms with E-state index < -0.39 is 23.1 Å². The highest BCUT2D eigenvalue weighted by Gasteiger charge is 2.60. The van der Waals surface area contributed by atoms with Crippen LogP contribution in [-0.2, 0) is 4.79 Å². The summed E-state index contributed by atoms with van der Waals surface area (Å²) in [5, 5.41) is 3.37. The van der Waals surface area contributed by atoms with E-state index in [2.05, 4.69) is 5.32 Å². The van der Waals surface area contributed by atoms with E-state index in [1.807, 2.05) is 31.2 Å². The van der Waals surface area contributed by atoms with E-state index in [1.54, 1.807) is 7.11 Å². The number of rotatable bonds is 5. The molecule has 1 heterocycles. The number of nitrogens with one attached hydrogen (secondary N) is 1. The molecule has 1 aliphatic carbocycles. The molecule has 31 heavy (non-hydrogen) atoms. The zero-order chi connectivity index (χ0) is 22.3. The van der Waals surface area contributed by atoms with Crippen LogP contribution in [0.4, 0.5) is 5.69 Å². The van der Waals surface area contributed by atoms with E-state index in [-0.39, 0.29) is 22.1 Å². The number of Topliss-reactive ketones (excluding diaryl/α,β-unsaturated/α-hetero) is 1. The van der Waals surface area contributed by atoms with Gasteiger partial charge in [0.05, 0.1) is 21.3 Å². The smallest absolute Gasteiger partial charge is 0.236 e. The molecule has 0 unspecified atom stereocenters. The third-order valence-corrected chi connectivity index (χ3v) is 6.06. The van der Waals surface area contributed by atoms with Gasteiger partial charge in [-0.2, -0.15) is 0 Å². The van der Waals surface area contributed by atoms with Gasteiger partial charge in [0, 0.05) is 29.4 Å². The Morgan fingerprint density at radius 3 is 2.32 bits per heavy atom. The average molecular weight is 444 g/mol. The fourth-order valence-electron chi connectivity index (χ4n) is 4.08. The van der Waals surface area contributed by atoms with Crippen molar-refractivity contribution in [3.05, 3.63) is 52.7 Å². The summed E-state index contributed by atoms with van der Waals surface area (Å²) in [5.41, 5.74) is -0.0272. The molecule has 1 N–H and O–H groups in total. The van der Waals surface area contributed by atoms with Crippen LogP contribution in [0, 0.1) is 5.92 Å². The van der Waals surface area contributed by atoms with Gasteiger partial charge in [-0.1, -0.05) is 18.5 Å². The minimum atomic E-state index is -1.68. The number of carbonyl (C=O) groups is 2. The largest absolute Gasteiger partial charge is 0.497 e. The molecule has 162 valence electrons. The number of benzene rings is 2. The predicted octanol–water partition coefficient (Wildman–Crippen LogP) is 4.28. The molecule has 0 saturated carbocycles. The predicted molar refractivity (Wildman–Crippen MR) is 116 cm³/mol. The van der Waals surface area contributed by atoms with Crippen LogP contribution in [0.1, 0.15) is 23.7 Å². The fourth-order valence-corrected chi connectivity index (χ4v) is 4.34. The maximum atomic E-state index is 13.5. The molecule has 0 bridgehead atoms. The zero-order valence-corrected chi connectivity index (χ0v) is 18.3. The number of allylic oxidation sites excluding steroid dienone is 1. The zero-order valence-electron chi connectivity index (χ0n) is 17.6. The minimum Gasteiger partial charge on any atom is -0.497 e. The van der Waals surface area contributed by atoms with Crippen molar-refractivity contribution in [1.29, 1.82) is 0 Å². The van der Waals surface area contributed by atoms with Crippen LogP contribution in [-0.4, -0.2) is 38.5 Å². The van der Waals surface area contributed by atoms with Crippen molar-refractivity contribution < 1.29 is 28.5 Å². The number of hydrogen-bond donors (Lipinski definition) is 1. The number of methoxy groups -OCH3 is 3. The summed E-state index contributed by atoms with van der Waals surface area (Å²) in [4.78, 5) is 26.7. The quantitative estimate of drug-likeness (QED) is 0.690. The number of hydrogen-bond acceptors (Lipinski definition) is 7. The average Bonchev–Trinajstić information content (AvgIpc) is 3.08. The lowest BCUT2D eigenvalue weighted by molar-refractivity contribution is -0.129. The molecular formula is C23H22ClNO6. The van der Waals surface area contributed by atoms with Gasteiger partial charge >= 0.3 is 0 Å². The van der Waals surface area contributed by atoms with Crippen molar-refractivity contribution in [2.75, 3.05) is 26.6 Å². The molecule has 7 nitrogen and oxygen atoms in total. The molecule has 0 fully saturated rings. The molecular weight excluding hydrogens is 422 g/mol. The number of anilines is 1. The molecule has 1 aliphatic heterocycles. The molecule has 2 aliphatic rings. The van der Waals surface area contributed by atoms with Gasteiger partial charge in [-0.05, 0) is 30.7 Å². The normalized spacial score (nSPS) is 22.0. The number of ether oxygens (including phenoxy) is 4. The molecule has 0 saturated heterocycles. The van der Waals surface area contributed by atoms with Gasteiger partial charge in [0.1, 0.15) is 27.8 Å². The van der Waals surface area contributed by atoms with E-state index >= 15 is 0 Å². The molecule has 0 amide bonds. The van der Waals surface area contributed by atoms with Gasteiger partial charge < -0.3 is 24.3 Å². The summed E-state index contributed by atoms with van der Waals surface area (Å²) < 4.78 is 21.8. The second-order valence-electron chi connectivity index (χ2n) is 7.46. The first-order chi connectivity index (χ1) is 14.8. The van der Waals surface area contributed by atoms with Crippen LogP contribution >= 0.6 is 11.6 Å². The standard InChI is InChI=1S/C23H22ClNO6/c1-12-9-14(25-13-5-7-15(28-2)8-6-13)10-18(26)23(12)22(27)19-16(29-3)11-17(30-4)20(24)21(19)31-23/h5-8,10-12,25H,9H2,1-4H3/t12-,23+/m1/s1.